The quantitative estimate of drug-likeness (QED) is 0.486. The van der Waals surface area contributed by atoms with Crippen LogP contribution in [0.2, 0.25) is 0 Å². The Morgan fingerprint density at radius 2 is 1.83 bits per heavy atom. The fourth-order valence-corrected chi connectivity index (χ4v) is 4.14. The zero-order chi connectivity index (χ0) is 16.8. The number of carbonyl (C=O) groups is 2. The number of hydrogen-bond acceptors (Lipinski definition) is 5. The molecule has 2 bridgehead atoms. The second kappa shape index (κ2) is 5.41. The summed E-state index contributed by atoms with van der Waals surface area (Å²) in [5, 5.41) is 0. The Labute approximate surface area is 135 Å². The maximum Gasteiger partial charge on any atom is 0.324 e. The Morgan fingerprint density at radius 3 is 2.39 bits per heavy atom. The van der Waals surface area contributed by atoms with E-state index in [1.165, 1.54) is 14.2 Å². The second-order valence-electron chi connectivity index (χ2n) is 6.13. The lowest BCUT2D eigenvalue weighted by Gasteiger charge is -2.32. The van der Waals surface area contributed by atoms with Gasteiger partial charge in [0.2, 0.25) is 0 Å². The van der Waals surface area contributed by atoms with Gasteiger partial charge in [-0.15, -0.1) is 0 Å². The molecular formula is C18H20O5. The Kier molecular flexibility index (Phi) is 3.66. The Balaban J connectivity index is 2.20. The number of benzene rings is 1. The van der Waals surface area contributed by atoms with Gasteiger partial charge < -0.3 is 14.2 Å². The Hall–Kier alpha value is -2.30. The fourth-order valence-electron chi connectivity index (χ4n) is 4.14. The lowest BCUT2D eigenvalue weighted by Crippen LogP contribution is -2.43. The van der Waals surface area contributed by atoms with E-state index in [-0.39, 0.29) is 5.92 Å². The number of fused-ring (bicyclic) bond motifs is 4. The molecule has 0 amide bonds. The van der Waals surface area contributed by atoms with E-state index < -0.39 is 23.3 Å². The maximum absolute atomic E-state index is 12.6. The third kappa shape index (κ3) is 1.99. The highest BCUT2D eigenvalue weighted by molar-refractivity contribution is 6.03. The highest BCUT2D eigenvalue weighted by Gasteiger charge is 2.63. The molecule has 0 saturated heterocycles. The molecule has 1 aromatic carbocycles. The van der Waals surface area contributed by atoms with Crippen molar-refractivity contribution in [1.29, 1.82) is 0 Å². The SMILES string of the molecule is C=C1C2Cc3cc(OC)ccc3C1C(C(=O)OC)(C(=O)OC)C2. The first-order valence-electron chi connectivity index (χ1n) is 7.52. The number of allylic oxidation sites excluding steroid dienone is 1. The van der Waals surface area contributed by atoms with Crippen molar-refractivity contribution in [2.75, 3.05) is 21.3 Å². The first kappa shape index (κ1) is 15.6. The number of methoxy groups -OCH3 is 3. The smallest absolute Gasteiger partial charge is 0.324 e. The van der Waals surface area contributed by atoms with Crippen LogP contribution in [0.3, 0.4) is 0 Å². The van der Waals surface area contributed by atoms with E-state index in [4.69, 9.17) is 14.2 Å². The van der Waals surface area contributed by atoms with E-state index in [1.54, 1.807) is 7.11 Å². The van der Waals surface area contributed by atoms with Crippen LogP contribution in [0.5, 0.6) is 5.75 Å². The van der Waals surface area contributed by atoms with Crippen LogP contribution < -0.4 is 4.74 Å². The number of carbonyl (C=O) groups excluding carboxylic acids is 2. The van der Waals surface area contributed by atoms with E-state index in [0.29, 0.717) is 6.42 Å². The van der Waals surface area contributed by atoms with Crippen molar-refractivity contribution in [3.63, 3.8) is 0 Å². The van der Waals surface area contributed by atoms with Crippen LogP contribution in [0, 0.1) is 11.3 Å². The summed E-state index contributed by atoms with van der Waals surface area (Å²) in [6.45, 7) is 4.16. The molecule has 2 unspecified atom stereocenters. The van der Waals surface area contributed by atoms with Crippen molar-refractivity contribution in [2.45, 2.75) is 18.8 Å². The minimum absolute atomic E-state index is 0.0535. The zero-order valence-electron chi connectivity index (χ0n) is 13.5. The largest absolute Gasteiger partial charge is 0.497 e. The average molecular weight is 316 g/mol. The molecule has 0 aliphatic heterocycles. The van der Waals surface area contributed by atoms with Crippen molar-refractivity contribution in [3.8, 4) is 5.75 Å². The summed E-state index contributed by atoms with van der Waals surface area (Å²) in [7, 11) is 4.21. The molecule has 122 valence electrons. The van der Waals surface area contributed by atoms with Gasteiger partial charge in [0.05, 0.1) is 21.3 Å². The van der Waals surface area contributed by atoms with Crippen LogP contribution in [0.1, 0.15) is 23.5 Å². The summed E-state index contributed by atoms with van der Waals surface area (Å²) >= 11 is 0. The summed E-state index contributed by atoms with van der Waals surface area (Å²) in [5.74, 6) is -0.708. The fraction of sp³-hybridized carbons (Fsp3) is 0.444. The van der Waals surface area contributed by atoms with E-state index in [0.717, 1.165) is 28.9 Å². The molecule has 1 saturated carbocycles. The third-order valence-electron chi connectivity index (χ3n) is 5.18. The molecular weight excluding hydrogens is 296 g/mol. The minimum atomic E-state index is -1.34. The molecule has 2 aliphatic carbocycles. The molecule has 1 fully saturated rings. The summed E-state index contributed by atoms with van der Waals surface area (Å²) < 4.78 is 15.2. The van der Waals surface area contributed by atoms with Gasteiger partial charge in [0, 0.05) is 5.92 Å². The molecule has 0 radical (unpaired) electrons. The average Bonchev–Trinajstić information content (AvgIpc) is 2.77. The number of rotatable bonds is 3. The molecule has 3 rings (SSSR count). The van der Waals surface area contributed by atoms with Crippen molar-refractivity contribution < 1.29 is 23.8 Å². The predicted molar refractivity (Wildman–Crippen MR) is 83.2 cm³/mol. The highest BCUT2D eigenvalue weighted by atomic mass is 16.5. The highest BCUT2D eigenvalue weighted by Crippen LogP contribution is 2.60. The zero-order valence-corrected chi connectivity index (χ0v) is 13.5. The van der Waals surface area contributed by atoms with Gasteiger partial charge in [0.1, 0.15) is 5.75 Å². The van der Waals surface area contributed by atoms with Gasteiger partial charge in [-0.2, -0.15) is 0 Å². The van der Waals surface area contributed by atoms with Crippen molar-refractivity contribution >= 4 is 11.9 Å². The Morgan fingerprint density at radius 1 is 1.17 bits per heavy atom. The van der Waals surface area contributed by atoms with Crippen molar-refractivity contribution in [1.82, 2.24) is 0 Å². The van der Waals surface area contributed by atoms with Crippen LogP contribution in [0.25, 0.3) is 0 Å². The van der Waals surface area contributed by atoms with Gasteiger partial charge >= 0.3 is 11.9 Å². The maximum atomic E-state index is 12.6. The van der Waals surface area contributed by atoms with Crippen LogP contribution in [0.15, 0.2) is 30.4 Å². The predicted octanol–water partition coefficient (Wildman–Crippen LogP) is 2.24. The molecule has 2 atom stereocenters. The molecule has 0 N–H and O–H groups in total. The second-order valence-corrected chi connectivity index (χ2v) is 6.13. The van der Waals surface area contributed by atoms with Crippen LogP contribution in [0.4, 0.5) is 0 Å². The monoisotopic (exact) mass is 316 g/mol. The van der Waals surface area contributed by atoms with Gasteiger partial charge in [0.15, 0.2) is 5.41 Å². The van der Waals surface area contributed by atoms with Crippen molar-refractivity contribution in [2.24, 2.45) is 11.3 Å². The molecule has 23 heavy (non-hydrogen) atoms. The molecule has 1 aromatic rings. The standard InChI is InChI=1S/C18H20O5/c1-10-12-7-11-8-13(21-2)5-6-14(11)15(10)18(9-12,16(19)22-3)17(20)23-4/h5-6,8,12,15H,1,7,9H2,2-4H3. The summed E-state index contributed by atoms with van der Waals surface area (Å²) in [4.78, 5) is 25.1. The van der Waals surface area contributed by atoms with Gasteiger partial charge in [-0.3, -0.25) is 9.59 Å². The third-order valence-corrected chi connectivity index (χ3v) is 5.18. The van der Waals surface area contributed by atoms with Crippen LogP contribution >= 0.6 is 0 Å². The summed E-state index contributed by atoms with van der Waals surface area (Å²) in [6.07, 6.45) is 1.10. The van der Waals surface area contributed by atoms with Gasteiger partial charge in [-0.05, 0) is 42.0 Å². The lowest BCUT2D eigenvalue weighted by atomic mass is 9.71. The molecule has 0 spiro atoms. The van der Waals surface area contributed by atoms with E-state index >= 15 is 0 Å². The van der Waals surface area contributed by atoms with Gasteiger partial charge in [-0.1, -0.05) is 18.2 Å². The topological polar surface area (TPSA) is 61.8 Å². The normalized spacial score (nSPS) is 23.9. The summed E-state index contributed by atoms with van der Waals surface area (Å²) in [5.41, 5.74) is 1.57. The van der Waals surface area contributed by atoms with E-state index in [9.17, 15) is 9.59 Å². The number of esters is 2. The molecule has 0 aromatic heterocycles. The van der Waals surface area contributed by atoms with E-state index in [1.807, 2.05) is 18.2 Å². The lowest BCUT2D eigenvalue weighted by molar-refractivity contribution is -0.169. The van der Waals surface area contributed by atoms with Crippen molar-refractivity contribution in [3.05, 3.63) is 41.5 Å². The van der Waals surface area contributed by atoms with Crippen LogP contribution in [-0.4, -0.2) is 33.3 Å². The first-order valence-corrected chi connectivity index (χ1v) is 7.52. The summed E-state index contributed by atoms with van der Waals surface area (Å²) in [6, 6.07) is 5.71. The molecule has 0 heterocycles. The Bertz CT molecular complexity index is 675. The van der Waals surface area contributed by atoms with Crippen LogP contribution in [-0.2, 0) is 25.5 Å². The number of ether oxygens (including phenoxy) is 3. The molecule has 5 heteroatoms. The molecule has 2 aliphatic rings. The van der Waals surface area contributed by atoms with Gasteiger partial charge in [-0.25, -0.2) is 0 Å². The molecule has 5 nitrogen and oxygen atoms in total. The number of hydrogen-bond donors (Lipinski definition) is 0. The van der Waals surface area contributed by atoms with E-state index in [2.05, 4.69) is 6.58 Å². The van der Waals surface area contributed by atoms with Gasteiger partial charge in [0.25, 0.3) is 0 Å². The minimum Gasteiger partial charge on any atom is -0.497 e. The first-order chi connectivity index (χ1) is 11.0.